The zero-order valence-electron chi connectivity index (χ0n) is 21.3. The Morgan fingerprint density at radius 3 is 1.69 bits per heavy atom. The molecule has 0 radical (unpaired) electrons. The number of benzene rings is 4. The maximum atomic E-state index is 13.0. The molecule has 0 unspecified atom stereocenters. The maximum Gasteiger partial charge on any atom is 0.338 e. The van der Waals surface area contributed by atoms with E-state index in [-0.39, 0.29) is 17.6 Å². The highest BCUT2D eigenvalue weighted by molar-refractivity contribution is 9.10. The molecular formula is C30H23BrF2N4O2. The van der Waals surface area contributed by atoms with E-state index < -0.39 is 0 Å². The van der Waals surface area contributed by atoms with E-state index in [9.17, 15) is 13.6 Å². The number of nitrogens with zero attached hydrogens (tertiary/aromatic N) is 4. The van der Waals surface area contributed by atoms with Crippen LogP contribution in [0, 0.1) is 25.5 Å². The summed E-state index contributed by atoms with van der Waals surface area (Å²) in [5.74, 6) is -0.905. The van der Waals surface area contributed by atoms with Gasteiger partial charge >= 0.3 is 5.97 Å². The Labute approximate surface area is 231 Å². The second-order valence-corrected chi connectivity index (χ2v) is 9.80. The Bertz CT molecular complexity index is 1810. The molecule has 0 amide bonds. The van der Waals surface area contributed by atoms with Gasteiger partial charge in [0, 0.05) is 15.2 Å². The van der Waals surface area contributed by atoms with Crippen molar-refractivity contribution in [3.63, 3.8) is 0 Å². The van der Waals surface area contributed by atoms with Crippen LogP contribution in [0.4, 0.5) is 8.78 Å². The van der Waals surface area contributed by atoms with Gasteiger partial charge in [0.25, 0.3) is 0 Å². The molecular weight excluding hydrogens is 566 g/mol. The molecule has 6 aromatic rings. The number of aromatic nitrogens is 4. The second kappa shape index (κ2) is 10.8. The van der Waals surface area contributed by atoms with Crippen molar-refractivity contribution in [2.45, 2.75) is 13.8 Å². The van der Waals surface area contributed by atoms with Crippen molar-refractivity contribution in [3.8, 4) is 11.4 Å². The normalized spacial score (nSPS) is 10.9. The van der Waals surface area contributed by atoms with Gasteiger partial charge in [-0.1, -0.05) is 15.9 Å². The summed E-state index contributed by atoms with van der Waals surface area (Å²) < 4.78 is 35.3. The molecule has 0 bridgehead atoms. The first-order valence-electron chi connectivity index (χ1n) is 12.0. The zero-order valence-corrected chi connectivity index (χ0v) is 22.9. The summed E-state index contributed by atoms with van der Waals surface area (Å²) in [6.07, 6.45) is 3.48. The fraction of sp³-hybridized carbons (Fsp3) is 0.100. The quantitative estimate of drug-likeness (QED) is 0.201. The van der Waals surface area contributed by atoms with Gasteiger partial charge in [-0.2, -0.15) is 10.2 Å². The molecule has 9 heteroatoms. The summed E-state index contributed by atoms with van der Waals surface area (Å²) >= 11 is 3.50. The third-order valence-electron chi connectivity index (χ3n) is 6.31. The highest BCUT2D eigenvalue weighted by atomic mass is 79.9. The van der Waals surface area contributed by atoms with E-state index in [2.05, 4.69) is 32.2 Å². The molecule has 39 heavy (non-hydrogen) atoms. The molecule has 0 atom stereocenters. The van der Waals surface area contributed by atoms with E-state index in [0.717, 1.165) is 48.8 Å². The lowest BCUT2D eigenvalue weighted by molar-refractivity contribution is 0.0600. The number of esters is 1. The average Bonchev–Trinajstić information content (AvgIpc) is 3.53. The molecule has 0 saturated heterocycles. The number of carbonyl (C=O) groups excluding carboxylic acids is 1. The molecule has 4 aromatic carbocycles. The molecule has 196 valence electrons. The molecule has 0 fully saturated rings. The van der Waals surface area contributed by atoms with Crippen molar-refractivity contribution in [1.29, 1.82) is 0 Å². The molecule has 6 rings (SSSR count). The second-order valence-electron chi connectivity index (χ2n) is 8.94. The summed E-state index contributed by atoms with van der Waals surface area (Å²) in [7, 11) is 1.36. The van der Waals surface area contributed by atoms with Gasteiger partial charge in [-0.3, -0.25) is 0 Å². The Morgan fingerprint density at radius 2 is 1.21 bits per heavy atom. The first-order chi connectivity index (χ1) is 18.7. The topological polar surface area (TPSA) is 61.9 Å². The van der Waals surface area contributed by atoms with Crippen LogP contribution in [0.3, 0.4) is 0 Å². The van der Waals surface area contributed by atoms with Crippen LogP contribution in [0.1, 0.15) is 21.5 Å². The van der Waals surface area contributed by atoms with Crippen LogP contribution in [0.2, 0.25) is 0 Å². The molecule has 0 aliphatic carbocycles. The minimum atomic E-state index is -0.371. The van der Waals surface area contributed by atoms with Gasteiger partial charge < -0.3 is 4.74 Å². The summed E-state index contributed by atoms with van der Waals surface area (Å²) in [4.78, 5) is 11.7. The van der Waals surface area contributed by atoms with E-state index in [1.165, 1.54) is 31.4 Å². The predicted molar refractivity (Wildman–Crippen MR) is 151 cm³/mol. The summed E-state index contributed by atoms with van der Waals surface area (Å²) in [5.41, 5.74) is 5.95. The van der Waals surface area contributed by atoms with Gasteiger partial charge in [0.2, 0.25) is 0 Å². The lowest BCUT2D eigenvalue weighted by Crippen LogP contribution is -2.04. The van der Waals surface area contributed by atoms with Crippen molar-refractivity contribution in [2.75, 3.05) is 7.11 Å². The van der Waals surface area contributed by atoms with E-state index in [1.807, 2.05) is 36.9 Å². The minimum absolute atomic E-state index is 0.242. The zero-order chi connectivity index (χ0) is 27.7. The molecule has 0 N–H and O–H groups in total. The van der Waals surface area contributed by atoms with E-state index >= 15 is 0 Å². The summed E-state index contributed by atoms with van der Waals surface area (Å²) in [6.45, 7) is 3.87. The lowest BCUT2D eigenvalue weighted by Gasteiger charge is -2.07. The van der Waals surface area contributed by atoms with Crippen LogP contribution in [0.5, 0.6) is 0 Å². The molecule has 0 saturated carbocycles. The number of halogens is 3. The van der Waals surface area contributed by atoms with Crippen molar-refractivity contribution in [2.24, 2.45) is 0 Å². The van der Waals surface area contributed by atoms with Crippen LogP contribution in [0.25, 0.3) is 33.2 Å². The van der Waals surface area contributed by atoms with Gasteiger partial charge in [0.05, 0.1) is 47.5 Å². The fourth-order valence-electron chi connectivity index (χ4n) is 4.23. The van der Waals surface area contributed by atoms with Gasteiger partial charge in [-0.15, -0.1) is 0 Å². The number of hydrogen-bond acceptors (Lipinski definition) is 4. The van der Waals surface area contributed by atoms with E-state index in [1.54, 1.807) is 41.2 Å². The summed E-state index contributed by atoms with van der Waals surface area (Å²) in [5, 5.41) is 10.5. The summed E-state index contributed by atoms with van der Waals surface area (Å²) in [6, 6.07) is 20.1. The first kappa shape index (κ1) is 26.2. The van der Waals surface area contributed by atoms with Crippen LogP contribution < -0.4 is 0 Å². The third kappa shape index (κ3) is 5.31. The van der Waals surface area contributed by atoms with Crippen LogP contribution in [-0.2, 0) is 4.74 Å². The third-order valence-corrected chi connectivity index (χ3v) is 7.16. The fourth-order valence-corrected chi connectivity index (χ4v) is 4.60. The maximum absolute atomic E-state index is 13.0. The van der Waals surface area contributed by atoms with Crippen molar-refractivity contribution in [3.05, 3.63) is 118 Å². The van der Waals surface area contributed by atoms with E-state index in [0.29, 0.717) is 5.56 Å². The van der Waals surface area contributed by atoms with Crippen molar-refractivity contribution in [1.82, 2.24) is 19.6 Å². The number of hydrogen-bond donors (Lipinski definition) is 0. The SMILES string of the molecule is COC(=O)c1cc2cnn(-c3ccc(F)cc3)c2cc1C.Cc1cc2c(cnn2-c2ccc(F)cc2)cc1Br. The Kier molecular flexibility index (Phi) is 7.26. The molecule has 2 heterocycles. The van der Waals surface area contributed by atoms with Gasteiger partial charge in [-0.05, 0) is 97.8 Å². The predicted octanol–water partition coefficient (Wildman–Crippen LogP) is 7.50. The average molecular weight is 589 g/mol. The molecule has 0 aliphatic rings. The molecule has 0 aliphatic heterocycles. The Hall–Kier alpha value is -4.37. The number of methoxy groups -OCH3 is 1. The first-order valence-corrected chi connectivity index (χ1v) is 12.8. The Morgan fingerprint density at radius 1 is 0.744 bits per heavy atom. The van der Waals surface area contributed by atoms with Gasteiger partial charge in [-0.25, -0.2) is 22.9 Å². The number of aryl methyl sites for hydroxylation is 2. The number of rotatable bonds is 3. The Balaban J connectivity index is 0.000000160. The minimum Gasteiger partial charge on any atom is -0.465 e. The highest BCUT2D eigenvalue weighted by Crippen LogP contribution is 2.26. The molecule has 2 aromatic heterocycles. The molecule has 0 spiro atoms. The monoisotopic (exact) mass is 588 g/mol. The van der Waals surface area contributed by atoms with Crippen LogP contribution in [-0.4, -0.2) is 32.6 Å². The standard InChI is InChI=1S/C16H13FN2O2.C14H10BrFN2/c1-10-7-15-11(8-14(10)16(20)21-2)9-18-19(15)13-5-3-12(17)4-6-13;1-9-6-14-10(7-13(9)15)8-17-18(14)12-4-2-11(16)3-5-12/h3-9H,1-2H3;2-8H,1H3. The van der Waals surface area contributed by atoms with Crippen LogP contribution in [0.15, 0.2) is 89.7 Å². The highest BCUT2D eigenvalue weighted by Gasteiger charge is 2.14. The largest absolute Gasteiger partial charge is 0.465 e. The van der Waals surface area contributed by atoms with Gasteiger partial charge in [0.1, 0.15) is 11.6 Å². The number of fused-ring (bicyclic) bond motifs is 2. The number of carbonyl (C=O) groups is 1. The smallest absolute Gasteiger partial charge is 0.338 e. The van der Waals surface area contributed by atoms with Gasteiger partial charge in [0.15, 0.2) is 0 Å². The van der Waals surface area contributed by atoms with E-state index in [4.69, 9.17) is 4.74 Å². The van der Waals surface area contributed by atoms with Crippen molar-refractivity contribution >= 4 is 43.7 Å². The number of ether oxygens (including phenoxy) is 1. The molecule has 6 nitrogen and oxygen atoms in total. The lowest BCUT2D eigenvalue weighted by atomic mass is 10.1. The van der Waals surface area contributed by atoms with Crippen molar-refractivity contribution < 1.29 is 18.3 Å². The van der Waals surface area contributed by atoms with Crippen LogP contribution >= 0.6 is 15.9 Å².